The van der Waals surface area contributed by atoms with Gasteiger partial charge in [0.1, 0.15) is 17.4 Å². The number of ketones is 2. The Morgan fingerprint density at radius 3 is 2.38 bits per heavy atom. The van der Waals surface area contributed by atoms with Gasteiger partial charge in [0.25, 0.3) is 0 Å². The van der Waals surface area contributed by atoms with E-state index in [1.807, 2.05) is 36.7 Å². The van der Waals surface area contributed by atoms with E-state index in [2.05, 4.69) is 57.8 Å². The molecule has 3 aliphatic rings. The molecule has 6 N–H and O–H groups in total. The van der Waals surface area contributed by atoms with Gasteiger partial charge in [0.05, 0.1) is 12.0 Å². The van der Waals surface area contributed by atoms with Gasteiger partial charge in [0, 0.05) is 62.0 Å². The highest BCUT2D eigenvalue weighted by Crippen LogP contribution is 2.44. The van der Waals surface area contributed by atoms with Crippen LogP contribution < -0.4 is 10.1 Å². The van der Waals surface area contributed by atoms with Gasteiger partial charge in [-0.2, -0.15) is 0 Å². The molecule has 2 aliphatic carbocycles. The van der Waals surface area contributed by atoms with Crippen molar-refractivity contribution in [1.29, 1.82) is 0 Å². The first-order chi connectivity index (χ1) is 28.3. The summed E-state index contributed by atoms with van der Waals surface area (Å²) in [7, 11) is 0. The Morgan fingerprint density at radius 2 is 1.57 bits per heavy atom. The van der Waals surface area contributed by atoms with E-state index in [1.54, 1.807) is 12.1 Å². The second-order valence-corrected chi connectivity index (χ2v) is 16.5. The highest BCUT2D eigenvalue weighted by atomic mass is 16.5. The number of H-pyrrole nitrogens is 2. The Labute approximate surface area is 340 Å². The van der Waals surface area contributed by atoms with Crippen molar-refractivity contribution in [3.05, 3.63) is 135 Å². The van der Waals surface area contributed by atoms with Crippen LogP contribution in [0.4, 0.5) is 5.82 Å². The average Bonchev–Trinajstić information content (AvgIpc) is 4.01. The van der Waals surface area contributed by atoms with Gasteiger partial charge in [-0.1, -0.05) is 48.9 Å². The van der Waals surface area contributed by atoms with Crippen molar-refractivity contribution in [3.8, 4) is 17.2 Å². The van der Waals surface area contributed by atoms with Crippen LogP contribution in [0.15, 0.2) is 90.8 Å². The summed E-state index contributed by atoms with van der Waals surface area (Å²) in [4.78, 5) is 36.3. The number of Topliss-reactive ketones (excluding diaryl/α,β-unsaturated/α-hetero) is 2. The predicted molar refractivity (Wildman–Crippen MR) is 227 cm³/mol. The third-order valence-electron chi connectivity index (χ3n) is 12.5. The summed E-state index contributed by atoms with van der Waals surface area (Å²) in [6.07, 6.45) is 15.1. The lowest BCUT2D eigenvalue weighted by Crippen LogP contribution is -2.38. The molecule has 3 heterocycles. The molecule has 1 fully saturated rings. The Hall–Kier alpha value is -5.54. The molecule has 58 heavy (non-hydrogen) atoms. The number of phenols is 2. The van der Waals surface area contributed by atoms with Gasteiger partial charge >= 0.3 is 0 Å². The number of nitrogens with one attached hydrogen (secondary N) is 3. The molecule has 302 valence electrons. The molecule has 0 unspecified atom stereocenters. The van der Waals surface area contributed by atoms with Gasteiger partial charge in [0.2, 0.25) is 0 Å². The van der Waals surface area contributed by atoms with Gasteiger partial charge in [-0.25, -0.2) is 0 Å². The van der Waals surface area contributed by atoms with E-state index >= 15 is 4.79 Å². The lowest BCUT2D eigenvalue weighted by molar-refractivity contribution is -0.135. The number of hydrogen-bond acceptors (Lipinski definition) is 7. The zero-order valence-corrected chi connectivity index (χ0v) is 33.1. The van der Waals surface area contributed by atoms with E-state index in [0.717, 1.165) is 107 Å². The standard InChI is InChI=1S/C49H55N3O6/c53-22-19-42-44(55)16-15-34-26-36(47(56)45(28-34)58-39-12-2-3-13-39)25-33-10-5-9-32(23-33)24-35-17-20-51-49(35)52-30-37-29-43-40(18-21-50-43)41(46(37)48(42)57)14-4-1-7-31-8-6-11-38(54)27-31/h5-6,8-11,17-18,20-21,23,26-29,39,41-42,46,50-54,56H,1-4,7,12-16,19,22,24-25,30H2/t41-,42-,46+/m0/s1. The molecular weight excluding hydrogens is 727 g/mol. The topological polar surface area (TPSA) is 148 Å². The van der Waals surface area contributed by atoms with Crippen molar-refractivity contribution < 1.29 is 29.6 Å². The second-order valence-electron chi connectivity index (χ2n) is 16.5. The minimum Gasteiger partial charge on any atom is -0.508 e. The number of hydrogen-bond donors (Lipinski definition) is 6. The van der Waals surface area contributed by atoms with Crippen LogP contribution in [0.25, 0.3) is 6.08 Å². The van der Waals surface area contributed by atoms with Gasteiger partial charge in [-0.05, 0) is 139 Å². The molecule has 3 aromatic carbocycles. The molecule has 1 aliphatic heterocycles. The Morgan fingerprint density at radius 1 is 0.776 bits per heavy atom. The van der Waals surface area contributed by atoms with E-state index in [0.29, 0.717) is 31.6 Å². The summed E-state index contributed by atoms with van der Waals surface area (Å²) in [5.41, 5.74) is 8.93. The summed E-state index contributed by atoms with van der Waals surface area (Å²) in [5, 5.41) is 35.5. The summed E-state index contributed by atoms with van der Waals surface area (Å²) >= 11 is 0. The number of anilines is 1. The van der Waals surface area contributed by atoms with Crippen molar-refractivity contribution in [1.82, 2.24) is 9.97 Å². The van der Waals surface area contributed by atoms with Gasteiger partial charge in [-0.3, -0.25) is 9.59 Å². The molecule has 9 heteroatoms. The monoisotopic (exact) mass is 781 g/mol. The molecule has 8 rings (SSSR count). The first-order valence-electron chi connectivity index (χ1n) is 21.1. The maximum Gasteiger partial charge on any atom is 0.161 e. The quantitative estimate of drug-likeness (QED) is 0.0647. The van der Waals surface area contributed by atoms with Crippen LogP contribution >= 0.6 is 0 Å². The first-order valence-corrected chi connectivity index (χ1v) is 21.1. The number of aromatic hydroxyl groups is 2. The fourth-order valence-electron chi connectivity index (χ4n) is 9.55. The predicted octanol–water partition coefficient (Wildman–Crippen LogP) is 8.96. The molecule has 5 aromatic rings. The Balaban J connectivity index is 1.14. The van der Waals surface area contributed by atoms with E-state index in [1.165, 1.54) is 0 Å². The van der Waals surface area contributed by atoms with Gasteiger partial charge < -0.3 is 35.3 Å². The first kappa shape index (κ1) is 39.3. The maximum atomic E-state index is 15.1. The fraction of sp³-hybridized carbons (Fsp3) is 0.388. The molecule has 3 atom stereocenters. The van der Waals surface area contributed by atoms with Crippen molar-refractivity contribution >= 4 is 23.5 Å². The van der Waals surface area contributed by atoms with Crippen LogP contribution in [-0.2, 0) is 35.3 Å². The summed E-state index contributed by atoms with van der Waals surface area (Å²) in [5.74, 6) is -0.313. The summed E-state index contributed by atoms with van der Waals surface area (Å²) < 4.78 is 6.41. The number of carbonyl (C=O) groups is 2. The van der Waals surface area contributed by atoms with Gasteiger partial charge in [0.15, 0.2) is 17.3 Å². The van der Waals surface area contributed by atoms with Crippen molar-refractivity contribution in [3.63, 3.8) is 0 Å². The smallest absolute Gasteiger partial charge is 0.161 e. The highest BCUT2D eigenvalue weighted by Gasteiger charge is 2.41. The highest BCUT2D eigenvalue weighted by molar-refractivity contribution is 6.05. The minimum atomic E-state index is -0.968. The number of aromatic nitrogens is 2. The normalized spacial score (nSPS) is 20.2. The van der Waals surface area contributed by atoms with Crippen molar-refractivity contribution in [2.75, 3.05) is 18.5 Å². The number of phenolic OH excluding ortho intramolecular Hbond substituents is 2. The molecule has 9 nitrogen and oxygen atoms in total. The fourth-order valence-corrected chi connectivity index (χ4v) is 9.55. The molecule has 0 amide bonds. The number of fused-ring (bicyclic) bond motifs is 7. The zero-order valence-electron chi connectivity index (χ0n) is 33.1. The number of aliphatic hydroxyl groups excluding tert-OH is 1. The molecule has 4 bridgehead atoms. The molecule has 0 spiro atoms. The van der Waals surface area contributed by atoms with Crippen molar-refractivity contribution in [2.24, 2.45) is 11.8 Å². The van der Waals surface area contributed by atoms with E-state index in [-0.39, 0.29) is 54.5 Å². The number of aromatic amines is 2. The zero-order chi connectivity index (χ0) is 40.0. The molecule has 0 saturated heterocycles. The molecule has 2 aromatic heterocycles. The van der Waals surface area contributed by atoms with Crippen LogP contribution in [0.1, 0.15) is 108 Å². The Bertz CT molecular complexity index is 2260. The lowest BCUT2D eigenvalue weighted by atomic mass is 9.69. The molecule has 0 radical (unpaired) electrons. The second kappa shape index (κ2) is 17.9. The number of aryl methyl sites for hydroxylation is 2. The van der Waals surface area contributed by atoms with E-state index < -0.39 is 11.8 Å². The van der Waals surface area contributed by atoms with Gasteiger partial charge in [-0.15, -0.1) is 0 Å². The van der Waals surface area contributed by atoms with E-state index in [9.17, 15) is 20.1 Å². The number of rotatable bonds is 9. The van der Waals surface area contributed by atoms with Crippen LogP contribution in [0.3, 0.4) is 0 Å². The van der Waals surface area contributed by atoms with Crippen LogP contribution in [0, 0.1) is 11.8 Å². The largest absolute Gasteiger partial charge is 0.508 e. The number of aliphatic hydroxyl groups is 1. The van der Waals surface area contributed by atoms with Crippen molar-refractivity contribution in [2.45, 2.75) is 95.5 Å². The SMILES string of the molecule is O=C1CCc2cc(c(O)c(OC3CCCC3)c2)Cc2cccc(c2)Cc2cc[nH]c2NCC2=Cc3[nH]ccc3[C@H](CCCCc3cccc(O)c3)[C@@H]2C(=O)[C@H]1CCO. The third-order valence-corrected chi connectivity index (χ3v) is 12.5. The van der Waals surface area contributed by atoms with Crippen LogP contribution in [0.2, 0.25) is 0 Å². The lowest BCUT2D eigenvalue weighted by Gasteiger charge is -2.34. The minimum absolute atomic E-state index is 0.0436. The Kier molecular flexibility index (Phi) is 12.2. The molecular formula is C49H55N3O6. The number of carbonyl (C=O) groups excluding carboxylic acids is 2. The average molecular weight is 782 g/mol. The summed E-state index contributed by atoms with van der Waals surface area (Å²) in [6, 6.07) is 23.8. The van der Waals surface area contributed by atoms with Crippen LogP contribution in [0.5, 0.6) is 17.2 Å². The number of benzene rings is 3. The number of ether oxygens (including phenoxy) is 1. The van der Waals surface area contributed by atoms with E-state index in [4.69, 9.17) is 4.74 Å². The third kappa shape index (κ3) is 8.95. The maximum absolute atomic E-state index is 15.1. The molecule has 1 saturated carbocycles. The number of unbranched alkanes of at least 4 members (excludes halogenated alkanes) is 1. The van der Waals surface area contributed by atoms with Crippen LogP contribution in [-0.4, -0.2) is 56.1 Å². The summed E-state index contributed by atoms with van der Waals surface area (Å²) in [6.45, 7) is 0.125.